The molecule has 3 rings (SSSR count). The van der Waals surface area contributed by atoms with Crippen molar-refractivity contribution in [1.29, 1.82) is 0 Å². The van der Waals surface area contributed by atoms with Crippen LogP contribution in [0.1, 0.15) is 28.2 Å². The first kappa shape index (κ1) is 14.2. The Hall–Kier alpha value is -2.80. The number of aromatic amines is 1. The molecule has 0 fully saturated rings. The molecule has 2 aromatic rings. The Labute approximate surface area is 127 Å². The maximum absolute atomic E-state index is 12.1. The highest BCUT2D eigenvalue weighted by molar-refractivity contribution is 6.32. The van der Waals surface area contributed by atoms with Gasteiger partial charge in [-0.3, -0.25) is 14.8 Å². The van der Waals surface area contributed by atoms with Crippen molar-refractivity contribution in [3.63, 3.8) is 0 Å². The second kappa shape index (κ2) is 5.53. The molecule has 0 aromatic carbocycles. The summed E-state index contributed by atoms with van der Waals surface area (Å²) in [6.45, 7) is 4.39. The van der Waals surface area contributed by atoms with E-state index in [1.165, 1.54) is 0 Å². The third-order valence-corrected chi connectivity index (χ3v) is 3.70. The number of H-pyrrole nitrogens is 1. The Morgan fingerprint density at radius 1 is 1.32 bits per heavy atom. The van der Waals surface area contributed by atoms with Crippen molar-refractivity contribution in [3.05, 3.63) is 52.4 Å². The molecule has 0 unspecified atom stereocenters. The lowest BCUT2D eigenvalue weighted by Crippen LogP contribution is -2.14. The highest BCUT2D eigenvalue weighted by Gasteiger charge is 2.25. The second-order valence-corrected chi connectivity index (χ2v) is 5.02. The van der Waals surface area contributed by atoms with E-state index in [2.05, 4.69) is 25.5 Å². The van der Waals surface area contributed by atoms with Crippen LogP contribution in [0.3, 0.4) is 0 Å². The predicted octanol–water partition coefficient (Wildman–Crippen LogP) is 0.798. The maximum Gasteiger partial charge on any atom is 0.273 e. The molecule has 2 aromatic heterocycles. The highest BCUT2D eigenvalue weighted by atomic mass is 16.2. The van der Waals surface area contributed by atoms with Gasteiger partial charge in [0.2, 0.25) is 0 Å². The highest BCUT2D eigenvalue weighted by Crippen LogP contribution is 2.22. The molecule has 0 bridgehead atoms. The monoisotopic (exact) mass is 296 g/mol. The number of carbonyl (C=O) groups is 1. The zero-order valence-corrected chi connectivity index (χ0v) is 12.3. The Morgan fingerprint density at radius 3 is 2.77 bits per heavy atom. The van der Waals surface area contributed by atoms with E-state index >= 15 is 0 Å². The van der Waals surface area contributed by atoms with Crippen molar-refractivity contribution < 1.29 is 4.79 Å². The van der Waals surface area contributed by atoms with Gasteiger partial charge in [-0.25, -0.2) is 5.43 Å². The fourth-order valence-electron chi connectivity index (χ4n) is 2.50. The first-order valence-electron chi connectivity index (χ1n) is 6.86. The number of aromatic nitrogens is 3. The molecule has 0 saturated carbocycles. The number of amides is 1. The van der Waals surface area contributed by atoms with Crippen molar-refractivity contribution in [3.8, 4) is 0 Å². The summed E-state index contributed by atoms with van der Waals surface area (Å²) < 4.78 is 0. The van der Waals surface area contributed by atoms with Crippen LogP contribution in [0, 0.1) is 13.8 Å². The van der Waals surface area contributed by atoms with Gasteiger partial charge in [-0.1, -0.05) is 0 Å². The van der Waals surface area contributed by atoms with Crippen LogP contribution in [0.4, 0.5) is 0 Å². The Bertz CT molecular complexity index is 788. The first-order valence-corrected chi connectivity index (χ1v) is 6.86. The van der Waals surface area contributed by atoms with Gasteiger partial charge >= 0.3 is 0 Å². The molecular formula is C15H16N6O. The average Bonchev–Trinajstić information content (AvgIpc) is 3.01. The van der Waals surface area contributed by atoms with Crippen LogP contribution in [0.2, 0.25) is 0 Å². The topological polar surface area (TPSA) is 109 Å². The molecule has 0 saturated heterocycles. The van der Waals surface area contributed by atoms with Crippen LogP contribution in [-0.4, -0.2) is 26.6 Å². The third-order valence-electron chi connectivity index (χ3n) is 3.70. The molecule has 0 radical (unpaired) electrons. The van der Waals surface area contributed by atoms with Gasteiger partial charge in [-0.2, -0.15) is 5.10 Å². The molecule has 0 aliphatic carbocycles. The minimum atomic E-state index is -0.262. The molecule has 0 spiro atoms. The SMILES string of the molecule is Cc1[nH]c(C=C2C(=O)NN=C2c2cnccn2)c(C)c1CN. The number of hydrogen-bond donors (Lipinski definition) is 3. The van der Waals surface area contributed by atoms with E-state index in [0.717, 1.165) is 22.5 Å². The molecule has 1 aliphatic heterocycles. The summed E-state index contributed by atoms with van der Waals surface area (Å²) >= 11 is 0. The quantitative estimate of drug-likeness (QED) is 0.728. The lowest BCUT2D eigenvalue weighted by molar-refractivity contribution is -0.116. The molecule has 1 aliphatic rings. The first-order chi connectivity index (χ1) is 10.6. The second-order valence-electron chi connectivity index (χ2n) is 5.02. The summed E-state index contributed by atoms with van der Waals surface area (Å²) in [6.07, 6.45) is 6.49. The van der Waals surface area contributed by atoms with Crippen molar-refractivity contribution in [2.75, 3.05) is 0 Å². The van der Waals surface area contributed by atoms with Crippen LogP contribution >= 0.6 is 0 Å². The minimum Gasteiger partial charge on any atom is -0.359 e. The van der Waals surface area contributed by atoms with E-state index in [1.807, 2.05) is 13.8 Å². The molecule has 4 N–H and O–H groups in total. The van der Waals surface area contributed by atoms with Crippen molar-refractivity contribution in [1.82, 2.24) is 20.4 Å². The van der Waals surface area contributed by atoms with Gasteiger partial charge in [0, 0.05) is 30.3 Å². The number of hydrogen-bond acceptors (Lipinski definition) is 5. The molecule has 7 heteroatoms. The zero-order valence-electron chi connectivity index (χ0n) is 12.3. The van der Waals surface area contributed by atoms with Gasteiger partial charge in [0.15, 0.2) is 0 Å². The number of nitrogens with one attached hydrogen (secondary N) is 2. The van der Waals surface area contributed by atoms with Crippen LogP contribution in [0.5, 0.6) is 0 Å². The number of carbonyl (C=O) groups excluding carboxylic acids is 1. The van der Waals surface area contributed by atoms with Crippen molar-refractivity contribution in [2.45, 2.75) is 20.4 Å². The fraction of sp³-hybridized carbons (Fsp3) is 0.200. The standard InChI is InChI=1S/C15H16N6O/c1-8-11(6-16)9(2)19-12(8)5-10-14(20-21-15(10)22)13-7-17-3-4-18-13/h3-5,7,19H,6,16H2,1-2H3,(H,21,22). The lowest BCUT2D eigenvalue weighted by Gasteiger charge is -2.01. The molecular weight excluding hydrogens is 280 g/mol. The number of nitrogens with two attached hydrogens (primary N) is 1. The fourth-order valence-corrected chi connectivity index (χ4v) is 2.50. The minimum absolute atomic E-state index is 0.262. The van der Waals surface area contributed by atoms with E-state index in [-0.39, 0.29) is 5.91 Å². The van der Waals surface area contributed by atoms with E-state index < -0.39 is 0 Å². The Balaban J connectivity index is 2.06. The van der Waals surface area contributed by atoms with Gasteiger partial charge in [0.25, 0.3) is 5.91 Å². The molecule has 1 amide bonds. The molecule has 0 atom stereocenters. The Morgan fingerprint density at radius 2 is 2.14 bits per heavy atom. The normalized spacial score (nSPS) is 16.0. The number of aryl methyl sites for hydroxylation is 1. The zero-order chi connectivity index (χ0) is 15.7. The van der Waals surface area contributed by atoms with Crippen molar-refractivity contribution in [2.24, 2.45) is 10.8 Å². The van der Waals surface area contributed by atoms with E-state index in [9.17, 15) is 4.79 Å². The number of nitrogens with zero attached hydrogens (tertiary/aromatic N) is 3. The average molecular weight is 296 g/mol. The molecule has 7 nitrogen and oxygen atoms in total. The van der Waals surface area contributed by atoms with Gasteiger partial charge in [-0.15, -0.1) is 0 Å². The molecule has 112 valence electrons. The van der Waals surface area contributed by atoms with E-state index in [4.69, 9.17) is 5.73 Å². The van der Waals surface area contributed by atoms with Gasteiger partial charge < -0.3 is 10.7 Å². The van der Waals surface area contributed by atoms with Crippen LogP contribution < -0.4 is 11.2 Å². The van der Waals surface area contributed by atoms with Crippen LogP contribution in [0.15, 0.2) is 29.3 Å². The van der Waals surface area contributed by atoms with Gasteiger partial charge in [0.05, 0.1) is 11.8 Å². The summed E-state index contributed by atoms with van der Waals surface area (Å²) in [5.74, 6) is -0.262. The van der Waals surface area contributed by atoms with E-state index in [0.29, 0.717) is 23.5 Å². The summed E-state index contributed by atoms with van der Waals surface area (Å²) in [5.41, 5.74) is 13.7. The van der Waals surface area contributed by atoms with Crippen LogP contribution in [-0.2, 0) is 11.3 Å². The van der Waals surface area contributed by atoms with Gasteiger partial charge in [-0.05, 0) is 31.1 Å². The van der Waals surface area contributed by atoms with E-state index in [1.54, 1.807) is 24.7 Å². The predicted molar refractivity (Wildman–Crippen MR) is 82.8 cm³/mol. The molecule has 3 heterocycles. The maximum atomic E-state index is 12.1. The number of hydrazone groups is 1. The van der Waals surface area contributed by atoms with Crippen molar-refractivity contribution >= 4 is 17.7 Å². The largest absolute Gasteiger partial charge is 0.359 e. The number of rotatable bonds is 3. The molecule has 22 heavy (non-hydrogen) atoms. The lowest BCUT2D eigenvalue weighted by atomic mass is 10.0. The van der Waals surface area contributed by atoms with Crippen LogP contribution in [0.25, 0.3) is 6.08 Å². The summed E-state index contributed by atoms with van der Waals surface area (Å²) in [5, 5.41) is 4.05. The summed E-state index contributed by atoms with van der Waals surface area (Å²) in [7, 11) is 0. The van der Waals surface area contributed by atoms with Gasteiger partial charge in [0.1, 0.15) is 11.4 Å². The smallest absolute Gasteiger partial charge is 0.273 e. The third kappa shape index (κ3) is 2.31. The summed E-state index contributed by atoms with van der Waals surface area (Å²) in [6, 6.07) is 0. The Kier molecular flexibility index (Phi) is 3.56. The summed E-state index contributed by atoms with van der Waals surface area (Å²) in [4.78, 5) is 23.5.